The Labute approximate surface area is 150 Å². The molecule has 6 heteroatoms. The molecule has 6 nitrogen and oxygen atoms in total. The number of non-ortho nitro benzene ring substituents is 1. The number of nitro benzene ring substituents is 1. The summed E-state index contributed by atoms with van der Waals surface area (Å²) in [6.45, 7) is 7.75. The number of hydrogen-bond donors (Lipinski definition) is 0. The third kappa shape index (κ3) is 3.06. The molecule has 1 aromatic heterocycles. The summed E-state index contributed by atoms with van der Waals surface area (Å²) in [5.74, 6) is 0. The average Bonchev–Trinajstić information content (AvgIpc) is 2.63. The summed E-state index contributed by atoms with van der Waals surface area (Å²) < 4.78 is 5.57. The average molecular weight is 352 g/mol. The predicted molar refractivity (Wildman–Crippen MR) is 103 cm³/mol. The molecule has 0 amide bonds. The van der Waals surface area contributed by atoms with Crippen LogP contribution in [0.2, 0.25) is 0 Å². The normalized spacial score (nSPS) is 10.9. The fourth-order valence-electron chi connectivity index (χ4n) is 3.21. The monoisotopic (exact) mass is 352 g/mol. The second-order valence-corrected chi connectivity index (χ2v) is 6.05. The molecule has 0 spiro atoms. The van der Waals surface area contributed by atoms with Crippen molar-refractivity contribution in [2.75, 3.05) is 18.0 Å². The lowest BCUT2D eigenvalue weighted by atomic mass is 9.99. The summed E-state index contributed by atoms with van der Waals surface area (Å²) in [4.78, 5) is 25.1. The maximum Gasteiger partial charge on any atom is 0.344 e. The van der Waals surface area contributed by atoms with E-state index >= 15 is 0 Å². The van der Waals surface area contributed by atoms with Gasteiger partial charge in [0.2, 0.25) is 0 Å². The van der Waals surface area contributed by atoms with E-state index in [0.717, 1.165) is 29.7 Å². The van der Waals surface area contributed by atoms with Crippen molar-refractivity contribution >= 4 is 22.3 Å². The number of nitro groups is 1. The van der Waals surface area contributed by atoms with Crippen LogP contribution < -0.4 is 10.5 Å². The zero-order chi connectivity index (χ0) is 18.8. The Morgan fingerprint density at radius 2 is 1.73 bits per heavy atom. The Kier molecular flexibility index (Phi) is 4.75. The third-order valence-corrected chi connectivity index (χ3v) is 4.65. The van der Waals surface area contributed by atoms with Crippen LogP contribution in [0.25, 0.3) is 22.1 Å². The Bertz CT molecular complexity index is 1020. The zero-order valence-corrected chi connectivity index (χ0v) is 15.0. The van der Waals surface area contributed by atoms with E-state index in [9.17, 15) is 14.9 Å². The van der Waals surface area contributed by atoms with Crippen molar-refractivity contribution < 1.29 is 9.34 Å². The van der Waals surface area contributed by atoms with Gasteiger partial charge in [-0.2, -0.15) is 0 Å². The van der Waals surface area contributed by atoms with Crippen LogP contribution in [-0.4, -0.2) is 18.0 Å². The Hall–Kier alpha value is -3.15. The number of nitrogens with zero attached hydrogens (tertiary/aromatic N) is 2. The smallest absolute Gasteiger partial charge is 0.344 e. The Balaban J connectivity index is 2.15. The molecule has 0 aliphatic carbocycles. The van der Waals surface area contributed by atoms with E-state index in [4.69, 9.17) is 4.42 Å². The lowest BCUT2D eigenvalue weighted by Gasteiger charge is -2.21. The van der Waals surface area contributed by atoms with E-state index in [-0.39, 0.29) is 5.69 Å². The van der Waals surface area contributed by atoms with Gasteiger partial charge in [0.25, 0.3) is 5.69 Å². The minimum absolute atomic E-state index is 0.0135. The number of benzene rings is 2. The number of aryl methyl sites for hydroxylation is 1. The molecule has 0 N–H and O–H groups in total. The first-order valence-corrected chi connectivity index (χ1v) is 8.53. The molecular weight excluding hydrogens is 332 g/mol. The van der Waals surface area contributed by atoms with Gasteiger partial charge in [-0.05, 0) is 56.2 Å². The quantitative estimate of drug-likeness (QED) is 0.383. The molecule has 3 aromatic rings. The highest BCUT2D eigenvalue weighted by Gasteiger charge is 2.15. The van der Waals surface area contributed by atoms with Crippen LogP contribution in [0.15, 0.2) is 51.7 Å². The van der Waals surface area contributed by atoms with E-state index in [0.29, 0.717) is 16.7 Å². The van der Waals surface area contributed by atoms with Crippen LogP contribution in [0.1, 0.15) is 19.4 Å². The van der Waals surface area contributed by atoms with Gasteiger partial charge in [0.1, 0.15) is 5.58 Å². The molecule has 26 heavy (non-hydrogen) atoms. The van der Waals surface area contributed by atoms with Gasteiger partial charge in [0.15, 0.2) is 0 Å². The van der Waals surface area contributed by atoms with Gasteiger partial charge in [0.05, 0.1) is 10.5 Å². The van der Waals surface area contributed by atoms with Gasteiger partial charge in [0, 0.05) is 42.4 Å². The Morgan fingerprint density at radius 1 is 1.08 bits per heavy atom. The molecule has 2 aromatic carbocycles. The van der Waals surface area contributed by atoms with Crippen molar-refractivity contribution in [1.82, 2.24) is 0 Å². The topological polar surface area (TPSA) is 76.6 Å². The SMILES string of the molecule is CCN(CC)c1ccc2c(C)c(-c3ccc([N+](=O)[O-])cc3)c(=O)oc2c1. The number of anilines is 1. The van der Waals surface area contributed by atoms with Gasteiger partial charge in [-0.3, -0.25) is 10.1 Å². The van der Waals surface area contributed by atoms with Gasteiger partial charge in [-0.15, -0.1) is 0 Å². The molecule has 134 valence electrons. The first-order valence-electron chi connectivity index (χ1n) is 8.53. The minimum atomic E-state index is -0.464. The highest BCUT2D eigenvalue weighted by Crippen LogP contribution is 2.30. The molecule has 0 atom stereocenters. The van der Waals surface area contributed by atoms with E-state index < -0.39 is 10.5 Å². The maximum absolute atomic E-state index is 12.6. The minimum Gasteiger partial charge on any atom is -0.422 e. The predicted octanol–water partition coefficient (Wildman–Crippen LogP) is 4.52. The fraction of sp³-hybridized carbons (Fsp3) is 0.250. The molecule has 0 radical (unpaired) electrons. The third-order valence-electron chi connectivity index (χ3n) is 4.65. The van der Waals surface area contributed by atoms with Crippen LogP contribution in [0.4, 0.5) is 11.4 Å². The van der Waals surface area contributed by atoms with Crippen molar-refractivity contribution in [2.45, 2.75) is 20.8 Å². The highest BCUT2D eigenvalue weighted by atomic mass is 16.6. The molecule has 3 rings (SSSR count). The largest absolute Gasteiger partial charge is 0.422 e. The summed E-state index contributed by atoms with van der Waals surface area (Å²) in [5.41, 5.74) is 2.94. The molecule has 1 heterocycles. The lowest BCUT2D eigenvalue weighted by molar-refractivity contribution is -0.384. The number of fused-ring (bicyclic) bond motifs is 1. The first kappa shape index (κ1) is 17.7. The molecule has 0 saturated heterocycles. The van der Waals surface area contributed by atoms with E-state index in [1.54, 1.807) is 12.1 Å². The summed E-state index contributed by atoms with van der Waals surface area (Å²) in [5, 5.41) is 11.7. The number of hydrogen-bond acceptors (Lipinski definition) is 5. The molecule has 0 aliphatic rings. The summed E-state index contributed by atoms with van der Waals surface area (Å²) in [6, 6.07) is 11.8. The molecule has 0 bridgehead atoms. The van der Waals surface area contributed by atoms with E-state index in [2.05, 4.69) is 18.7 Å². The van der Waals surface area contributed by atoms with Gasteiger partial charge in [-0.1, -0.05) is 0 Å². The van der Waals surface area contributed by atoms with Crippen molar-refractivity contribution in [3.63, 3.8) is 0 Å². The van der Waals surface area contributed by atoms with Gasteiger partial charge >= 0.3 is 5.63 Å². The molecule has 0 aliphatic heterocycles. The molecular formula is C20H20N2O4. The van der Waals surface area contributed by atoms with Crippen LogP contribution in [-0.2, 0) is 0 Å². The molecule has 0 unspecified atom stereocenters. The second kappa shape index (κ2) is 7.00. The van der Waals surface area contributed by atoms with Crippen LogP contribution >= 0.6 is 0 Å². The standard InChI is InChI=1S/C20H20N2O4/c1-4-21(5-2)16-10-11-17-13(3)19(20(23)26-18(17)12-16)14-6-8-15(9-7-14)22(24)25/h6-12H,4-5H2,1-3H3. The Morgan fingerprint density at radius 3 is 2.31 bits per heavy atom. The van der Waals surface area contributed by atoms with Crippen LogP contribution in [0.5, 0.6) is 0 Å². The maximum atomic E-state index is 12.6. The summed E-state index contributed by atoms with van der Waals surface area (Å²) >= 11 is 0. The molecule has 0 saturated carbocycles. The fourth-order valence-corrected chi connectivity index (χ4v) is 3.21. The molecule has 0 fully saturated rings. The lowest BCUT2D eigenvalue weighted by Crippen LogP contribution is -2.21. The summed E-state index contributed by atoms with van der Waals surface area (Å²) in [6.07, 6.45) is 0. The second-order valence-electron chi connectivity index (χ2n) is 6.05. The van der Waals surface area contributed by atoms with Gasteiger partial charge < -0.3 is 9.32 Å². The van der Waals surface area contributed by atoms with Crippen molar-refractivity contribution in [1.29, 1.82) is 0 Å². The van der Waals surface area contributed by atoms with Crippen LogP contribution in [0.3, 0.4) is 0 Å². The highest BCUT2D eigenvalue weighted by molar-refractivity contribution is 5.88. The number of rotatable bonds is 5. The van der Waals surface area contributed by atoms with E-state index in [1.807, 2.05) is 25.1 Å². The van der Waals surface area contributed by atoms with Gasteiger partial charge in [-0.25, -0.2) is 4.79 Å². The van der Waals surface area contributed by atoms with E-state index in [1.165, 1.54) is 12.1 Å². The van der Waals surface area contributed by atoms with Crippen molar-refractivity contribution in [3.05, 3.63) is 68.6 Å². The van der Waals surface area contributed by atoms with Crippen molar-refractivity contribution in [2.24, 2.45) is 0 Å². The zero-order valence-electron chi connectivity index (χ0n) is 15.0. The summed E-state index contributed by atoms with van der Waals surface area (Å²) in [7, 11) is 0. The van der Waals surface area contributed by atoms with Crippen molar-refractivity contribution in [3.8, 4) is 11.1 Å². The van der Waals surface area contributed by atoms with Crippen LogP contribution in [0, 0.1) is 17.0 Å². The first-order chi connectivity index (χ1) is 12.5.